The van der Waals surface area contributed by atoms with Crippen molar-refractivity contribution in [2.24, 2.45) is 0 Å². The van der Waals surface area contributed by atoms with E-state index in [0.717, 1.165) is 0 Å². The molecule has 4 nitrogen and oxygen atoms in total. The van der Waals surface area contributed by atoms with Gasteiger partial charge in [-0.05, 0) is 0 Å². The highest BCUT2D eigenvalue weighted by molar-refractivity contribution is 7.85. The van der Waals surface area contributed by atoms with E-state index in [4.69, 9.17) is 0 Å². The minimum atomic E-state index is -2.79. The fourth-order valence-corrected chi connectivity index (χ4v) is 2.37. The Kier molecular flexibility index (Phi) is 0.427. The van der Waals surface area contributed by atoms with Gasteiger partial charge >= 0.3 is 16.4 Å². The van der Waals surface area contributed by atoms with Gasteiger partial charge in [0.25, 0.3) is 0 Å². The van der Waals surface area contributed by atoms with Gasteiger partial charge in [-0.3, -0.25) is 0 Å². The van der Waals surface area contributed by atoms with Crippen molar-refractivity contribution in [1.29, 1.82) is 0 Å². The van der Waals surface area contributed by atoms with Crippen LogP contribution >= 0.6 is 16.4 Å². The van der Waals surface area contributed by atoms with E-state index >= 15 is 0 Å². The number of rotatable bonds is 0. The van der Waals surface area contributed by atoms with E-state index < -0.39 is 16.4 Å². The van der Waals surface area contributed by atoms with Gasteiger partial charge in [0.2, 0.25) is 0 Å². The summed E-state index contributed by atoms with van der Waals surface area (Å²) in [6.07, 6.45) is 0. The molecule has 34 valence electrons. The lowest BCUT2D eigenvalue weighted by molar-refractivity contribution is 0.136. The molecular weight excluding hydrogens is 126 g/mol. The predicted molar refractivity (Wildman–Crippen MR) is 17.8 cm³/mol. The van der Waals surface area contributed by atoms with Crippen molar-refractivity contribution >= 4 is 16.4 Å². The molecule has 0 aromatic heterocycles. The maximum absolute atomic E-state index is 10.1. The fourth-order valence-electron chi connectivity index (χ4n) is 0.263. The molecule has 3 aliphatic heterocycles. The van der Waals surface area contributed by atoms with Crippen molar-refractivity contribution in [3.63, 3.8) is 0 Å². The molecule has 3 saturated heterocycles. The Hall–Kier alpha value is 0.540. The highest BCUT2D eigenvalue weighted by atomic mass is 31.4. The second-order valence-corrected chi connectivity index (χ2v) is 4.22. The van der Waals surface area contributed by atoms with Crippen LogP contribution < -0.4 is 0 Å². The van der Waals surface area contributed by atoms with E-state index in [1.807, 2.05) is 0 Å². The molecule has 3 fully saturated rings. The zero-order valence-corrected chi connectivity index (χ0v) is 4.32. The number of hydrogen-bond donors (Lipinski definition) is 0. The summed E-state index contributed by atoms with van der Waals surface area (Å²) in [6.45, 7) is 0. The van der Waals surface area contributed by atoms with Crippen LogP contribution in [0.2, 0.25) is 0 Å². The summed E-state index contributed by atoms with van der Waals surface area (Å²) in [7, 11) is -3.88. The topological polar surface area (TPSA) is 44.8 Å². The lowest BCUT2D eigenvalue weighted by atomic mass is 15.6. The molecule has 0 aromatic carbocycles. The predicted octanol–water partition coefficient (Wildman–Crippen LogP) is 1.40. The molecule has 6 heteroatoms. The average molecular weight is 126 g/mol. The van der Waals surface area contributed by atoms with E-state index in [1.54, 1.807) is 0 Å². The highest BCUT2D eigenvalue weighted by Gasteiger charge is 2.64. The normalized spacial score (nSPS) is 62.3. The second kappa shape index (κ2) is 0.726. The van der Waals surface area contributed by atoms with E-state index in [9.17, 15) is 4.57 Å². The zero-order valence-electron chi connectivity index (χ0n) is 2.53. The lowest BCUT2D eigenvalue weighted by Gasteiger charge is -2.41. The van der Waals surface area contributed by atoms with Gasteiger partial charge in [0.05, 0.1) is 0 Å². The summed E-state index contributed by atoms with van der Waals surface area (Å²) in [5, 5.41) is 0. The minimum absolute atomic E-state index is 1.09. The minimum Gasteiger partial charge on any atom is -0.227 e. The molecule has 0 amide bonds. The maximum atomic E-state index is 10.1. The summed E-state index contributed by atoms with van der Waals surface area (Å²) < 4.78 is 23.3. The molecule has 0 saturated carbocycles. The van der Waals surface area contributed by atoms with Gasteiger partial charge in [-0.15, -0.1) is 0 Å². The Balaban J connectivity index is 2.39. The van der Waals surface area contributed by atoms with Crippen LogP contribution in [0, 0.1) is 0 Å². The lowest BCUT2D eigenvalue weighted by Crippen LogP contribution is -2.15. The van der Waals surface area contributed by atoms with Gasteiger partial charge in [0.15, 0.2) is 0 Å². The van der Waals surface area contributed by atoms with E-state index in [0.29, 0.717) is 0 Å². The molecule has 0 unspecified atom stereocenters. The van der Waals surface area contributed by atoms with E-state index in [1.165, 1.54) is 0 Å². The Bertz CT molecular complexity index is 104. The standard InChI is InChI=1S/O4P2/c1-6-2-5(3-6)4-6. The van der Waals surface area contributed by atoms with Gasteiger partial charge in [-0.25, -0.2) is 17.5 Å². The first-order valence-corrected chi connectivity index (χ1v) is 3.83. The summed E-state index contributed by atoms with van der Waals surface area (Å²) in [4.78, 5) is 0. The quantitative estimate of drug-likeness (QED) is 0.460. The molecule has 6 heavy (non-hydrogen) atoms. The van der Waals surface area contributed by atoms with Crippen molar-refractivity contribution in [3.05, 3.63) is 0 Å². The molecule has 0 aliphatic carbocycles. The maximum Gasteiger partial charge on any atom is 0.495 e. The third-order valence-corrected chi connectivity index (χ3v) is 4.50. The molecule has 0 spiro atoms. The van der Waals surface area contributed by atoms with Crippen LogP contribution in [-0.2, 0) is 17.5 Å². The third-order valence-electron chi connectivity index (χ3n) is 0.500. The second-order valence-electron chi connectivity index (χ2n) is 0.916. The first kappa shape index (κ1) is 3.53. The van der Waals surface area contributed by atoms with Crippen LogP contribution in [0.1, 0.15) is 0 Å². The van der Waals surface area contributed by atoms with Gasteiger partial charge in [-0.2, -0.15) is 0 Å². The van der Waals surface area contributed by atoms with Crippen molar-refractivity contribution in [2.45, 2.75) is 0 Å². The molecule has 3 heterocycles. The summed E-state index contributed by atoms with van der Waals surface area (Å²) >= 11 is 0. The Morgan fingerprint density at radius 2 is 1.67 bits per heavy atom. The molecule has 3 aliphatic rings. The van der Waals surface area contributed by atoms with Crippen LogP contribution in [0.5, 0.6) is 0 Å². The fraction of sp³-hybridized carbons (Fsp3) is 0. The van der Waals surface area contributed by atoms with Crippen LogP contribution in [0.4, 0.5) is 0 Å². The van der Waals surface area contributed by atoms with Crippen molar-refractivity contribution in [3.8, 4) is 0 Å². The Morgan fingerprint density at radius 1 is 1.33 bits per heavy atom. The third kappa shape index (κ3) is 0.236. The van der Waals surface area contributed by atoms with Crippen LogP contribution in [-0.4, -0.2) is 0 Å². The molecule has 0 N–H and O–H groups in total. The highest BCUT2D eigenvalue weighted by Crippen LogP contribution is 2.94. The SMILES string of the molecule is O=P12OP(O1)O2. The molecule has 0 aromatic rings. The molecule has 0 radical (unpaired) electrons. The number of phosphoric acid groups is 1. The van der Waals surface area contributed by atoms with Crippen LogP contribution in [0.3, 0.4) is 0 Å². The first-order chi connectivity index (χ1) is 2.79. The number of hydrogen-bond acceptors (Lipinski definition) is 4. The van der Waals surface area contributed by atoms with Crippen molar-refractivity contribution in [2.75, 3.05) is 0 Å². The van der Waals surface area contributed by atoms with Crippen molar-refractivity contribution < 1.29 is 17.5 Å². The first-order valence-electron chi connectivity index (χ1n) is 1.28. The van der Waals surface area contributed by atoms with Gasteiger partial charge in [0, 0.05) is 0 Å². The van der Waals surface area contributed by atoms with Crippen LogP contribution in [0.15, 0.2) is 0 Å². The molecule has 3 rings (SSSR count). The monoisotopic (exact) mass is 126 g/mol. The van der Waals surface area contributed by atoms with Crippen molar-refractivity contribution in [1.82, 2.24) is 0 Å². The van der Waals surface area contributed by atoms with Gasteiger partial charge in [0.1, 0.15) is 0 Å². The summed E-state index contributed by atoms with van der Waals surface area (Å²) in [6, 6.07) is 0. The molecule has 2 bridgehead atoms. The van der Waals surface area contributed by atoms with Crippen LogP contribution in [0.25, 0.3) is 0 Å². The average Bonchev–Trinajstić information content (AvgIpc) is 1.24. The van der Waals surface area contributed by atoms with Gasteiger partial charge in [-0.1, -0.05) is 0 Å². The van der Waals surface area contributed by atoms with E-state index in [-0.39, 0.29) is 0 Å². The zero-order chi connectivity index (χ0) is 4.20. The molecular formula is O4P2. The Morgan fingerprint density at radius 3 is 1.67 bits per heavy atom. The molecule has 0 atom stereocenters. The summed E-state index contributed by atoms with van der Waals surface area (Å²) in [5.41, 5.74) is 0. The smallest absolute Gasteiger partial charge is 0.227 e. The van der Waals surface area contributed by atoms with Gasteiger partial charge < -0.3 is 0 Å². The summed E-state index contributed by atoms with van der Waals surface area (Å²) in [5.74, 6) is 0. The largest absolute Gasteiger partial charge is 0.495 e. The van der Waals surface area contributed by atoms with E-state index in [2.05, 4.69) is 12.9 Å². The Labute approximate surface area is 35.0 Å².